The molecular formula is C19H32OS. The molecule has 0 aliphatic heterocycles. The van der Waals surface area contributed by atoms with E-state index >= 15 is 0 Å². The Balaban J connectivity index is 1.86. The fraction of sp³-hybridized carbons (Fsp3) is 0.684. The van der Waals surface area contributed by atoms with Crippen LogP contribution in [0.3, 0.4) is 0 Å². The summed E-state index contributed by atoms with van der Waals surface area (Å²) in [7, 11) is 0. The predicted octanol–water partition coefficient (Wildman–Crippen LogP) is 6.55. The molecule has 0 N–H and O–H groups in total. The number of hydrogen-bond acceptors (Lipinski definition) is 2. The molecule has 0 aliphatic carbocycles. The first-order valence-corrected chi connectivity index (χ1v) is 9.21. The number of hydrogen-bond donors (Lipinski definition) is 1. The Morgan fingerprint density at radius 1 is 0.810 bits per heavy atom. The van der Waals surface area contributed by atoms with E-state index in [0.29, 0.717) is 0 Å². The summed E-state index contributed by atoms with van der Waals surface area (Å²) in [6, 6.07) is 10.2. The van der Waals surface area contributed by atoms with Crippen molar-refractivity contribution < 1.29 is 4.74 Å². The van der Waals surface area contributed by atoms with Crippen molar-refractivity contribution in [2.45, 2.75) is 76.6 Å². The Morgan fingerprint density at radius 2 is 1.33 bits per heavy atom. The van der Waals surface area contributed by atoms with Gasteiger partial charge in [0, 0.05) is 6.61 Å². The molecule has 1 nitrogen and oxygen atoms in total. The minimum atomic E-state index is -0.0789. The zero-order valence-corrected chi connectivity index (χ0v) is 14.5. The van der Waals surface area contributed by atoms with Gasteiger partial charge < -0.3 is 4.74 Å². The molecule has 0 aromatic heterocycles. The average molecular weight is 309 g/mol. The minimum Gasteiger partial charge on any atom is -0.363 e. The van der Waals surface area contributed by atoms with E-state index in [2.05, 4.69) is 31.7 Å². The largest absolute Gasteiger partial charge is 0.363 e. The zero-order chi connectivity index (χ0) is 15.2. The molecule has 0 saturated carbocycles. The summed E-state index contributed by atoms with van der Waals surface area (Å²) in [6.45, 7) is 3.09. The first-order valence-electron chi connectivity index (χ1n) is 8.69. The van der Waals surface area contributed by atoms with E-state index in [1.165, 1.54) is 57.8 Å². The topological polar surface area (TPSA) is 9.23 Å². The van der Waals surface area contributed by atoms with Crippen molar-refractivity contribution in [1.82, 2.24) is 0 Å². The summed E-state index contributed by atoms with van der Waals surface area (Å²) in [5.41, 5.74) is 1.07. The van der Waals surface area contributed by atoms with Gasteiger partial charge in [0.1, 0.15) is 5.44 Å². The molecule has 0 saturated heterocycles. The van der Waals surface area contributed by atoms with Gasteiger partial charge in [-0.1, -0.05) is 95.0 Å². The van der Waals surface area contributed by atoms with Crippen LogP contribution in [-0.2, 0) is 4.74 Å². The monoisotopic (exact) mass is 308 g/mol. The highest BCUT2D eigenvalue weighted by Gasteiger charge is 2.04. The Labute approximate surface area is 136 Å². The molecule has 1 atom stereocenters. The van der Waals surface area contributed by atoms with Crippen molar-refractivity contribution in [3.05, 3.63) is 35.9 Å². The van der Waals surface area contributed by atoms with E-state index < -0.39 is 0 Å². The molecule has 0 amide bonds. The fourth-order valence-corrected chi connectivity index (χ4v) is 2.78. The smallest absolute Gasteiger partial charge is 0.125 e. The zero-order valence-electron chi connectivity index (χ0n) is 13.6. The summed E-state index contributed by atoms with van der Waals surface area (Å²) in [5, 5.41) is 0. The van der Waals surface area contributed by atoms with Crippen molar-refractivity contribution in [3.63, 3.8) is 0 Å². The predicted molar refractivity (Wildman–Crippen MR) is 96.0 cm³/mol. The van der Waals surface area contributed by atoms with E-state index in [1.54, 1.807) is 0 Å². The van der Waals surface area contributed by atoms with Crippen LogP contribution in [0.4, 0.5) is 0 Å². The second kappa shape index (κ2) is 13.2. The van der Waals surface area contributed by atoms with Crippen molar-refractivity contribution in [2.24, 2.45) is 0 Å². The molecule has 1 unspecified atom stereocenters. The van der Waals surface area contributed by atoms with Crippen LogP contribution in [0.1, 0.15) is 82.1 Å². The van der Waals surface area contributed by atoms with Crippen LogP contribution in [0.15, 0.2) is 30.3 Å². The summed E-state index contributed by atoms with van der Waals surface area (Å²) in [6.07, 6.45) is 13.6. The molecule has 0 heterocycles. The van der Waals surface area contributed by atoms with Gasteiger partial charge >= 0.3 is 0 Å². The second-order valence-electron chi connectivity index (χ2n) is 5.82. The van der Waals surface area contributed by atoms with Gasteiger partial charge in [-0.15, -0.1) is 12.6 Å². The fourth-order valence-electron chi connectivity index (χ4n) is 2.50. The molecule has 0 radical (unpaired) electrons. The van der Waals surface area contributed by atoms with Gasteiger partial charge in [0.15, 0.2) is 0 Å². The van der Waals surface area contributed by atoms with Gasteiger partial charge in [-0.3, -0.25) is 0 Å². The first kappa shape index (κ1) is 18.6. The highest BCUT2D eigenvalue weighted by atomic mass is 32.1. The van der Waals surface area contributed by atoms with Crippen LogP contribution in [-0.4, -0.2) is 6.61 Å². The van der Waals surface area contributed by atoms with Gasteiger partial charge in [0.25, 0.3) is 0 Å². The van der Waals surface area contributed by atoms with Crippen LogP contribution >= 0.6 is 12.6 Å². The van der Waals surface area contributed by atoms with E-state index in [9.17, 15) is 0 Å². The number of unbranched alkanes of at least 4 members (excludes halogenated alkanes) is 9. The lowest BCUT2D eigenvalue weighted by molar-refractivity contribution is 0.110. The summed E-state index contributed by atoms with van der Waals surface area (Å²) in [4.78, 5) is 0. The Bertz CT molecular complexity index is 326. The standard InChI is InChI=1S/C19H32OS/c1-2-3-4-5-6-7-8-9-10-14-17-20-19(21)18-15-12-11-13-16-18/h11-13,15-16,19,21H,2-10,14,17H2,1H3. The number of thiol groups is 1. The van der Waals surface area contributed by atoms with Gasteiger partial charge in [-0.2, -0.15) is 0 Å². The quantitative estimate of drug-likeness (QED) is 0.247. The highest BCUT2D eigenvalue weighted by Crippen LogP contribution is 2.21. The molecule has 0 spiro atoms. The molecule has 0 aliphatic rings. The van der Waals surface area contributed by atoms with Crippen LogP contribution in [0.5, 0.6) is 0 Å². The molecular weight excluding hydrogens is 276 g/mol. The molecule has 21 heavy (non-hydrogen) atoms. The maximum atomic E-state index is 5.76. The lowest BCUT2D eigenvalue weighted by Gasteiger charge is -2.12. The second-order valence-corrected chi connectivity index (χ2v) is 6.28. The third-order valence-electron chi connectivity index (χ3n) is 3.86. The van der Waals surface area contributed by atoms with Crippen LogP contribution in [0.2, 0.25) is 0 Å². The van der Waals surface area contributed by atoms with Gasteiger partial charge in [0.2, 0.25) is 0 Å². The SMILES string of the molecule is CCCCCCCCCCCCOC(S)c1ccccc1. The summed E-state index contributed by atoms with van der Waals surface area (Å²) >= 11 is 4.50. The van der Waals surface area contributed by atoms with E-state index in [4.69, 9.17) is 4.74 Å². The minimum absolute atomic E-state index is 0.0789. The molecule has 1 aromatic carbocycles. The molecule has 2 heteroatoms. The van der Waals surface area contributed by atoms with Crippen molar-refractivity contribution in [1.29, 1.82) is 0 Å². The Morgan fingerprint density at radius 3 is 1.90 bits per heavy atom. The summed E-state index contributed by atoms with van der Waals surface area (Å²) < 4.78 is 5.76. The van der Waals surface area contributed by atoms with Crippen LogP contribution < -0.4 is 0 Å². The van der Waals surface area contributed by atoms with Gasteiger partial charge in [-0.25, -0.2) is 0 Å². The number of rotatable bonds is 13. The van der Waals surface area contributed by atoms with Crippen LogP contribution in [0, 0.1) is 0 Å². The Hall–Kier alpha value is -0.470. The third-order valence-corrected chi connectivity index (χ3v) is 4.31. The van der Waals surface area contributed by atoms with Gasteiger partial charge in [0.05, 0.1) is 0 Å². The third kappa shape index (κ3) is 9.97. The highest BCUT2D eigenvalue weighted by molar-refractivity contribution is 7.80. The maximum Gasteiger partial charge on any atom is 0.125 e. The van der Waals surface area contributed by atoms with Crippen molar-refractivity contribution >= 4 is 12.6 Å². The molecule has 1 rings (SSSR count). The number of ether oxygens (including phenoxy) is 1. The number of benzene rings is 1. The van der Waals surface area contributed by atoms with Crippen molar-refractivity contribution in [2.75, 3.05) is 6.61 Å². The average Bonchev–Trinajstić information content (AvgIpc) is 2.53. The lowest BCUT2D eigenvalue weighted by atomic mass is 10.1. The summed E-state index contributed by atoms with van der Waals surface area (Å²) in [5.74, 6) is 0. The first-order chi connectivity index (χ1) is 10.3. The normalized spacial score (nSPS) is 12.5. The molecule has 1 aromatic rings. The van der Waals surface area contributed by atoms with E-state index in [1.807, 2.05) is 18.2 Å². The molecule has 120 valence electrons. The van der Waals surface area contributed by atoms with E-state index in [0.717, 1.165) is 18.6 Å². The van der Waals surface area contributed by atoms with Gasteiger partial charge in [-0.05, 0) is 12.0 Å². The Kier molecular flexibility index (Phi) is 11.7. The maximum absolute atomic E-state index is 5.76. The van der Waals surface area contributed by atoms with Crippen molar-refractivity contribution in [3.8, 4) is 0 Å². The lowest BCUT2D eigenvalue weighted by Crippen LogP contribution is -1.99. The van der Waals surface area contributed by atoms with E-state index in [-0.39, 0.29) is 5.44 Å². The van der Waals surface area contributed by atoms with Crippen LogP contribution in [0.25, 0.3) is 0 Å². The molecule has 0 fully saturated rings. The molecule has 0 bridgehead atoms.